The first-order chi connectivity index (χ1) is 43.0. The van der Waals surface area contributed by atoms with Gasteiger partial charge in [-0.2, -0.15) is 0 Å². The van der Waals surface area contributed by atoms with Crippen LogP contribution in [0.5, 0.6) is 23.0 Å². The number of carbonyl (C=O) groups excluding carboxylic acids is 5. The zero-order chi connectivity index (χ0) is 66.9. The van der Waals surface area contributed by atoms with Crippen LogP contribution in [0.3, 0.4) is 0 Å². The average Bonchev–Trinajstić information content (AvgIpc) is 1.61. The number of imidazole rings is 1. The maximum Gasteiger partial charge on any atom is 0.337 e. The minimum atomic E-state index is -1.19. The van der Waals surface area contributed by atoms with Crippen LogP contribution in [0.1, 0.15) is 119 Å². The van der Waals surface area contributed by atoms with Gasteiger partial charge in [-0.05, 0) is 161 Å². The lowest BCUT2D eigenvalue weighted by molar-refractivity contribution is -0.188. The van der Waals surface area contributed by atoms with Crippen molar-refractivity contribution in [2.24, 2.45) is 44.3 Å². The standard InChI is InChI=1S/C20H23NO4.C14H23NO.C11H16N2O3.C8H10N4O2.C8H9NO2.C6H5NO2/c22-13-4-3-12-9-15-20(24)6-5-14(23)18-19(20,16(12)17(13)25-18)7-8-21(15)10-11-1-2-11;1-5-14(11(2)10-15(3)4)12-7-6-8-13(16)9-12;1-4-5-11(6-7(2)3)8(14)12-10(16)13-9(11)15;1-10-4-9-6-5(10)7(13)12(3)8(14)11(6)2;1-6(10)9-7-2-4-8(11)5-3-7;8-6(9)5-2-1-3-7-4-5/h3-4,11,15,18,22,24H,1-2,5-10H2;6-9,11,14,16H,5,10H2,1-4H3;4,7H,1,5-6H2,2-3H3,(H2,12,13,14,15,16);4H,1-3H3;2-5,11H,1H3,(H,9,10);1-4H,(H,8,9)/t15-,18+,19+,20-;11-,14+;;;;/m10..../s1. The van der Waals surface area contributed by atoms with Crippen LogP contribution in [-0.2, 0) is 52.2 Å². The van der Waals surface area contributed by atoms with Crippen molar-refractivity contribution in [3.8, 4) is 23.0 Å². The lowest BCUT2D eigenvalue weighted by Gasteiger charge is -2.62. The van der Waals surface area contributed by atoms with Crippen molar-refractivity contribution < 1.29 is 59.0 Å². The Morgan fingerprint density at radius 3 is 2.14 bits per heavy atom. The van der Waals surface area contributed by atoms with Crippen molar-refractivity contribution in [2.45, 2.75) is 121 Å². The fourth-order valence-corrected chi connectivity index (χ4v) is 13.4. The lowest BCUT2D eigenvalue weighted by atomic mass is 9.49. The molecule has 2 saturated heterocycles. The van der Waals surface area contributed by atoms with Gasteiger partial charge < -0.3 is 45.1 Å². The number of anilines is 1. The summed E-state index contributed by atoms with van der Waals surface area (Å²) in [6.07, 6.45) is 11.9. The number of barbiturate groups is 1. The molecule has 24 heteroatoms. The number of hydrogen-bond donors (Lipinski definition) is 8. The molecule has 0 radical (unpaired) electrons. The van der Waals surface area contributed by atoms with Gasteiger partial charge in [-0.15, -0.1) is 6.58 Å². The molecule has 24 nitrogen and oxygen atoms in total. The number of imide groups is 2. The second-order valence-corrected chi connectivity index (χ2v) is 25.0. The van der Waals surface area contributed by atoms with Gasteiger partial charge in [-0.25, -0.2) is 19.4 Å². The third kappa shape index (κ3) is 15.3. The third-order valence-corrected chi connectivity index (χ3v) is 17.6. The maximum atomic E-state index is 12.7. The Bertz CT molecular complexity index is 3740. The number of Topliss-reactive ketones (excluding diaryl/α,β-unsaturated/α-hetero) is 1. The number of likely N-dealkylation sites (tertiary alicyclic amines) is 1. The monoisotopic (exact) mass is 1250 g/mol. The van der Waals surface area contributed by atoms with E-state index in [0.29, 0.717) is 59.4 Å². The molecule has 3 aromatic heterocycles. The van der Waals surface area contributed by atoms with Crippen LogP contribution >= 0.6 is 0 Å². The second-order valence-electron chi connectivity index (χ2n) is 25.0. The fraction of sp³-hybridized carbons (Fsp3) is 0.463. The molecule has 91 heavy (non-hydrogen) atoms. The Morgan fingerprint density at radius 1 is 0.901 bits per heavy atom. The fourth-order valence-electron chi connectivity index (χ4n) is 13.4. The number of urea groups is 1. The van der Waals surface area contributed by atoms with Crippen LogP contribution in [0.15, 0.2) is 114 Å². The minimum absolute atomic E-state index is 0.0454. The summed E-state index contributed by atoms with van der Waals surface area (Å²) in [6, 6.07) is 20.0. The summed E-state index contributed by atoms with van der Waals surface area (Å²) in [5, 5.41) is 55.9. The summed E-state index contributed by atoms with van der Waals surface area (Å²) >= 11 is 0. The number of nitrogens with zero attached hydrogens (tertiary/aromatic N) is 7. The SMILES string of the molecule is C=CCC1(CC(C)C)C(=O)NC(=O)NC1=O.CC(=O)Nc1ccc(O)cc1.CC[C@@H](c1cccc(O)c1)[C@@H](C)CN(C)C.Cn1c(=O)c2c(ncn2C)n(C)c1=O.O=C(O)c1cccnc1.O=C1CC[C@@]2(O)[C@H]3Cc4ccc(O)c5c4[C@@]2(CCN3CC2CC2)[C@H]1O5. The number of amides is 5. The largest absolute Gasteiger partial charge is 0.508 e. The van der Waals surface area contributed by atoms with E-state index in [1.165, 1.54) is 79.9 Å². The van der Waals surface area contributed by atoms with Crippen molar-refractivity contribution >= 4 is 52.4 Å². The second kappa shape index (κ2) is 29.3. The van der Waals surface area contributed by atoms with Crippen molar-refractivity contribution in [1.29, 1.82) is 0 Å². The number of nitrogens with one attached hydrogen (secondary N) is 3. The van der Waals surface area contributed by atoms with E-state index >= 15 is 0 Å². The molecule has 2 bridgehead atoms. The van der Waals surface area contributed by atoms with Crippen LogP contribution in [0.2, 0.25) is 0 Å². The number of aromatic hydroxyl groups is 3. The topological polar surface area (TPSA) is 330 Å². The number of carboxylic acid groups (broad SMARTS) is 1. The van der Waals surface area contributed by atoms with Crippen molar-refractivity contribution in [3.63, 3.8) is 0 Å². The molecule has 2 saturated carbocycles. The van der Waals surface area contributed by atoms with Crippen LogP contribution in [0.4, 0.5) is 10.5 Å². The number of aryl methyl sites for hydroxylation is 2. The number of ketones is 1. The smallest absolute Gasteiger partial charge is 0.337 e. The average molecular weight is 1260 g/mol. The van der Waals surface area contributed by atoms with Gasteiger partial charge in [0.2, 0.25) is 17.7 Å². The van der Waals surface area contributed by atoms with Crippen LogP contribution < -0.4 is 31.9 Å². The number of carboxylic acids is 1. The zero-order valence-corrected chi connectivity index (χ0v) is 53.4. The molecule has 3 aliphatic carbocycles. The lowest BCUT2D eigenvalue weighted by Crippen LogP contribution is -2.76. The predicted molar refractivity (Wildman–Crippen MR) is 342 cm³/mol. The number of aromatic nitrogens is 5. The quantitative estimate of drug-likeness (QED) is 0.0340. The number of fused-ring (bicyclic) bond motifs is 1. The first-order valence-electron chi connectivity index (χ1n) is 30.5. The van der Waals surface area contributed by atoms with E-state index in [-0.39, 0.29) is 58.4 Å². The Labute approximate surface area is 528 Å². The summed E-state index contributed by atoms with van der Waals surface area (Å²) < 4.78 is 10.1. The molecule has 3 aromatic carbocycles. The van der Waals surface area contributed by atoms with Gasteiger partial charge in [-0.3, -0.25) is 53.6 Å². The van der Waals surface area contributed by atoms with Crippen LogP contribution in [0, 0.1) is 23.2 Å². The number of benzene rings is 3. The van der Waals surface area contributed by atoms with Crippen LogP contribution in [0.25, 0.3) is 11.2 Å². The molecule has 4 fully saturated rings. The van der Waals surface area contributed by atoms with E-state index in [2.05, 4.69) is 76.3 Å². The predicted octanol–water partition coefficient (Wildman–Crippen LogP) is 6.67. The summed E-state index contributed by atoms with van der Waals surface area (Å²) in [6.45, 7) is 16.3. The van der Waals surface area contributed by atoms with E-state index in [9.17, 15) is 53.7 Å². The van der Waals surface area contributed by atoms with Crippen molar-refractivity contribution in [2.75, 3.05) is 39.0 Å². The number of hydrogen-bond acceptors (Lipinski definition) is 17. The Kier molecular flexibility index (Phi) is 22.4. The number of aliphatic hydroxyl groups is 1. The molecule has 3 aliphatic heterocycles. The molecular weight excluding hydrogens is 1170 g/mol. The highest BCUT2D eigenvalue weighted by molar-refractivity contribution is 6.19. The van der Waals surface area contributed by atoms with Crippen molar-refractivity contribution in [3.05, 3.63) is 147 Å². The van der Waals surface area contributed by atoms with Gasteiger partial charge in [0.05, 0.1) is 22.9 Å². The molecule has 6 atom stereocenters. The van der Waals surface area contributed by atoms with Crippen LogP contribution in [-0.4, -0.2) is 146 Å². The highest BCUT2D eigenvalue weighted by Gasteiger charge is 2.73. The number of ether oxygens (including phenoxy) is 1. The van der Waals surface area contributed by atoms with Gasteiger partial charge in [0.25, 0.3) is 5.56 Å². The summed E-state index contributed by atoms with van der Waals surface area (Å²) in [4.78, 5) is 103. The summed E-state index contributed by atoms with van der Waals surface area (Å²) in [7, 11) is 8.98. The number of pyridine rings is 1. The van der Waals surface area contributed by atoms with E-state index < -0.39 is 46.3 Å². The van der Waals surface area contributed by atoms with Gasteiger partial charge in [0.15, 0.2) is 34.6 Å². The number of phenolic OH excluding ortho intramolecular Hbond substituents is 3. The molecule has 488 valence electrons. The van der Waals surface area contributed by atoms with E-state index in [1.807, 2.05) is 32.0 Å². The number of rotatable bonds is 13. The van der Waals surface area contributed by atoms with Gasteiger partial charge in [0.1, 0.15) is 16.9 Å². The van der Waals surface area contributed by atoms with E-state index in [4.69, 9.17) is 14.9 Å². The van der Waals surface area contributed by atoms with Crippen molar-refractivity contribution in [1.82, 2.24) is 44.1 Å². The first-order valence-corrected chi connectivity index (χ1v) is 30.5. The normalized spacial score (nSPS) is 21.1. The number of piperidine rings is 1. The molecule has 6 aromatic rings. The molecule has 5 amide bonds. The van der Waals surface area contributed by atoms with Gasteiger partial charge >= 0.3 is 17.7 Å². The highest BCUT2D eigenvalue weighted by Crippen LogP contribution is 2.65. The Morgan fingerprint density at radius 2 is 1.58 bits per heavy atom. The zero-order valence-electron chi connectivity index (χ0n) is 53.4. The molecule has 0 unspecified atom stereocenters. The van der Waals surface area contributed by atoms with Gasteiger partial charge in [0, 0.05) is 77.3 Å². The third-order valence-electron chi connectivity index (χ3n) is 17.6. The first kappa shape index (κ1) is 69.5. The molecule has 8 N–H and O–H groups in total. The van der Waals surface area contributed by atoms with E-state index in [0.717, 1.165) is 60.5 Å². The van der Waals surface area contributed by atoms with Gasteiger partial charge in [-0.1, -0.05) is 52.0 Å². The number of aromatic carboxylic acids is 1. The highest BCUT2D eigenvalue weighted by atomic mass is 16.5. The number of phenols is 3. The minimum Gasteiger partial charge on any atom is -0.508 e. The molecule has 6 heterocycles. The maximum absolute atomic E-state index is 12.7. The Balaban J connectivity index is 0.000000160. The number of allylic oxidation sites excluding steroid dienone is 1. The molecule has 6 aliphatic rings. The molecular formula is C67H86N10O14. The number of carbonyl (C=O) groups is 6. The molecule has 12 rings (SSSR count). The summed E-state index contributed by atoms with van der Waals surface area (Å²) in [5.74, 6) is 1.12. The summed E-state index contributed by atoms with van der Waals surface area (Å²) in [5.41, 5.74) is 1.60. The Hall–Kier alpha value is -9.00. The van der Waals surface area contributed by atoms with E-state index in [1.54, 1.807) is 49.0 Å². The molecule has 1 spiro atoms.